The van der Waals surface area contributed by atoms with Crippen LogP contribution < -0.4 is 10.1 Å². The number of ether oxygens (including phenoxy) is 4. The molecule has 5 unspecified atom stereocenters. The minimum atomic E-state index is -0.965. The molecule has 1 aromatic heterocycles. The quantitative estimate of drug-likeness (QED) is 0.574. The molecule has 2 heterocycles. The number of aromatic nitrogens is 3. The van der Waals surface area contributed by atoms with Gasteiger partial charge in [0.25, 0.3) is 0 Å². The van der Waals surface area contributed by atoms with Crippen LogP contribution in [0.25, 0.3) is 0 Å². The summed E-state index contributed by atoms with van der Waals surface area (Å²) in [7, 11) is 0. The molecule has 1 fully saturated rings. The third-order valence-corrected chi connectivity index (χ3v) is 5.00. The average Bonchev–Trinajstić information content (AvgIpc) is 3.19. The first-order valence-corrected chi connectivity index (χ1v) is 10.6. The fourth-order valence-corrected chi connectivity index (χ4v) is 3.72. The van der Waals surface area contributed by atoms with Crippen LogP contribution in [0.5, 0.6) is 5.75 Å². The predicted molar refractivity (Wildman–Crippen MR) is 114 cm³/mol. The predicted octanol–water partition coefficient (Wildman–Crippen LogP) is 1.01. The van der Waals surface area contributed by atoms with Crippen LogP contribution in [0.1, 0.15) is 33.4 Å². The normalized spacial score (nSPS) is 24.5. The van der Waals surface area contributed by atoms with E-state index in [4.69, 9.17) is 18.9 Å². The molecular weight excluding hydrogens is 432 g/mol. The van der Waals surface area contributed by atoms with Crippen LogP contribution in [0.4, 0.5) is 0 Å². The number of carbonyl (C=O) groups excluding carboxylic acids is 3. The van der Waals surface area contributed by atoms with Gasteiger partial charge in [-0.2, -0.15) is 0 Å². The molecule has 33 heavy (non-hydrogen) atoms. The Morgan fingerprint density at radius 3 is 2.36 bits per heavy atom. The second-order valence-electron chi connectivity index (χ2n) is 7.79. The molecule has 1 aliphatic rings. The van der Waals surface area contributed by atoms with Crippen molar-refractivity contribution >= 4 is 17.8 Å². The first-order valence-electron chi connectivity index (χ1n) is 10.6. The highest BCUT2D eigenvalue weighted by Crippen LogP contribution is 2.27. The maximum atomic E-state index is 11.8. The Labute approximate surface area is 191 Å². The van der Waals surface area contributed by atoms with Crippen LogP contribution in [-0.4, -0.2) is 63.3 Å². The molecular formula is C22H28N4O7. The van der Waals surface area contributed by atoms with Crippen molar-refractivity contribution < 1.29 is 33.3 Å². The summed E-state index contributed by atoms with van der Waals surface area (Å²) in [4.78, 5) is 35.3. The third kappa shape index (κ3) is 6.75. The fourth-order valence-electron chi connectivity index (χ4n) is 3.72. The van der Waals surface area contributed by atoms with Crippen molar-refractivity contribution in [3.63, 3.8) is 0 Å². The number of hydrogen-bond acceptors (Lipinski definition) is 9. The Hall–Kier alpha value is -3.47. The van der Waals surface area contributed by atoms with E-state index in [2.05, 4.69) is 15.6 Å². The largest absolute Gasteiger partial charge is 0.487 e. The molecule has 0 saturated carbocycles. The summed E-state index contributed by atoms with van der Waals surface area (Å²) in [5, 5.41) is 10.9. The smallest absolute Gasteiger partial charge is 0.303 e. The van der Waals surface area contributed by atoms with E-state index in [1.807, 2.05) is 30.3 Å². The molecule has 178 valence electrons. The number of hydrogen-bond donors (Lipinski definition) is 1. The van der Waals surface area contributed by atoms with E-state index in [1.54, 1.807) is 17.8 Å². The summed E-state index contributed by atoms with van der Waals surface area (Å²) >= 11 is 0. The van der Waals surface area contributed by atoms with Gasteiger partial charge >= 0.3 is 11.9 Å². The SMILES string of the molecule is CC(=O)NC1C(C)OC(Cn2cc(COc3ccccc3)nn2)C(OC(C)=O)C1OC(C)=O. The lowest BCUT2D eigenvalue weighted by atomic mass is 9.92. The number of rotatable bonds is 8. The average molecular weight is 460 g/mol. The van der Waals surface area contributed by atoms with Crippen LogP contribution in [-0.2, 0) is 41.7 Å². The van der Waals surface area contributed by atoms with Crippen LogP contribution in [0.15, 0.2) is 36.5 Å². The van der Waals surface area contributed by atoms with Crippen molar-refractivity contribution in [2.24, 2.45) is 0 Å². The lowest BCUT2D eigenvalue weighted by Gasteiger charge is -2.44. The van der Waals surface area contributed by atoms with Gasteiger partial charge in [-0.15, -0.1) is 5.10 Å². The minimum Gasteiger partial charge on any atom is -0.487 e. The number of para-hydroxylation sites is 1. The number of benzene rings is 1. The summed E-state index contributed by atoms with van der Waals surface area (Å²) in [6.07, 6.45) is -1.44. The van der Waals surface area contributed by atoms with Crippen molar-refractivity contribution in [2.75, 3.05) is 0 Å². The summed E-state index contributed by atoms with van der Waals surface area (Å²) in [5.74, 6) is -0.759. The Bertz CT molecular complexity index is 965. The van der Waals surface area contributed by atoms with Gasteiger partial charge in [0.1, 0.15) is 24.2 Å². The minimum absolute atomic E-state index is 0.172. The Balaban J connectivity index is 1.76. The molecule has 2 aromatic rings. The third-order valence-electron chi connectivity index (χ3n) is 5.00. The number of esters is 2. The van der Waals surface area contributed by atoms with Crippen molar-refractivity contribution in [1.82, 2.24) is 20.3 Å². The van der Waals surface area contributed by atoms with Crippen LogP contribution >= 0.6 is 0 Å². The molecule has 5 atom stereocenters. The van der Waals surface area contributed by atoms with Crippen molar-refractivity contribution in [3.8, 4) is 5.75 Å². The van der Waals surface area contributed by atoms with E-state index in [0.717, 1.165) is 0 Å². The number of amides is 1. The molecule has 0 aliphatic carbocycles. The number of nitrogens with zero attached hydrogens (tertiary/aromatic N) is 3. The number of carbonyl (C=O) groups is 3. The van der Waals surface area contributed by atoms with Crippen molar-refractivity contribution in [3.05, 3.63) is 42.2 Å². The first-order chi connectivity index (χ1) is 15.7. The second kappa shape index (κ2) is 10.9. The Morgan fingerprint density at radius 1 is 1.06 bits per heavy atom. The zero-order valence-corrected chi connectivity index (χ0v) is 19.0. The van der Waals surface area contributed by atoms with Gasteiger partial charge in [-0.1, -0.05) is 23.4 Å². The lowest BCUT2D eigenvalue weighted by molar-refractivity contribution is -0.215. The van der Waals surface area contributed by atoms with E-state index in [1.165, 1.54) is 20.8 Å². The topological polar surface area (TPSA) is 131 Å². The Kier molecular flexibility index (Phi) is 7.99. The van der Waals surface area contributed by atoms with Crippen LogP contribution in [0, 0.1) is 0 Å². The first kappa shape index (κ1) is 24.2. The highest BCUT2D eigenvalue weighted by molar-refractivity contribution is 5.73. The monoisotopic (exact) mass is 460 g/mol. The molecule has 3 rings (SSSR count). The van der Waals surface area contributed by atoms with Gasteiger partial charge in [0.15, 0.2) is 12.2 Å². The maximum Gasteiger partial charge on any atom is 0.303 e. The lowest BCUT2D eigenvalue weighted by Crippen LogP contribution is -2.65. The van der Waals surface area contributed by atoms with E-state index >= 15 is 0 Å². The summed E-state index contributed by atoms with van der Waals surface area (Å²) in [5.41, 5.74) is 0.597. The van der Waals surface area contributed by atoms with E-state index in [-0.39, 0.29) is 19.1 Å². The highest BCUT2D eigenvalue weighted by Gasteiger charge is 2.49. The summed E-state index contributed by atoms with van der Waals surface area (Å²) < 4.78 is 24.2. The zero-order valence-electron chi connectivity index (χ0n) is 19.0. The van der Waals surface area contributed by atoms with Crippen molar-refractivity contribution in [1.29, 1.82) is 0 Å². The fraction of sp³-hybridized carbons (Fsp3) is 0.500. The molecule has 11 nitrogen and oxygen atoms in total. The standard InChI is InChI=1S/C22H28N4O7/c1-13-20(23-14(2)27)22(33-16(4)29)21(32-15(3)28)19(31-13)11-26-10-17(24-25-26)12-30-18-8-6-5-7-9-18/h5-10,13,19-22H,11-12H2,1-4H3,(H,23,27). The highest BCUT2D eigenvalue weighted by atomic mass is 16.6. The molecule has 11 heteroatoms. The van der Waals surface area contributed by atoms with Gasteiger partial charge < -0.3 is 24.3 Å². The van der Waals surface area contributed by atoms with Crippen LogP contribution in [0.3, 0.4) is 0 Å². The molecule has 1 saturated heterocycles. The molecule has 1 N–H and O–H groups in total. The van der Waals surface area contributed by atoms with Gasteiger partial charge in [0.2, 0.25) is 5.91 Å². The van der Waals surface area contributed by atoms with E-state index in [9.17, 15) is 14.4 Å². The van der Waals surface area contributed by atoms with Gasteiger partial charge in [0.05, 0.1) is 24.9 Å². The molecule has 1 aliphatic heterocycles. The Morgan fingerprint density at radius 2 is 1.73 bits per heavy atom. The van der Waals surface area contributed by atoms with Crippen molar-refractivity contribution in [2.45, 2.75) is 71.3 Å². The van der Waals surface area contributed by atoms with Gasteiger partial charge in [-0.3, -0.25) is 14.4 Å². The van der Waals surface area contributed by atoms with Gasteiger partial charge in [-0.05, 0) is 19.1 Å². The zero-order chi connectivity index (χ0) is 24.0. The molecule has 0 bridgehead atoms. The molecule has 0 spiro atoms. The second-order valence-corrected chi connectivity index (χ2v) is 7.79. The molecule has 0 radical (unpaired) electrons. The maximum absolute atomic E-state index is 11.8. The number of nitrogens with one attached hydrogen (secondary N) is 1. The van der Waals surface area contributed by atoms with E-state index < -0.39 is 42.4 Å². The molecule has 1 amide bonds. The molecule has 1 aromatic carbocycles. The van der Waals surface area contributed by atoms with Gasteiger partial charge in [-0.25, -0.2) is 4.68 Å². The summed E-state index contributed by atoms with van der Waals surface area (Å²) in [6, 6.07) is 8.62. The van der Waals surface area contributed by atoms with Gasteiger partial charge in [0, 0.05) is 20.8 Å². The van der Waals surface area contributed by atoms with E-state index in [0.29, 0.717) is 11.4 Å². The summed E-state index contributed by atoms with van der Waals surface area (Å²) in [6.45, 7) is 5.99. The van der Waals surface area contributed by atoms with Crippen LogP contribution in [0.2, 0.25) is 0 Å².